The number of nitriles is 1. The van der Waals surface area contributed by atoms with Crippen LogP contribution >= 0.6 is 0 Å². The molecule has 2 heteroatoms. The monoisotopic (exact) mass is 242 g/mol. The van der Waals surface area contributed by atoms with Crippen molar-refractivity contribution in [3.63, 3.8) is 0 Å². The van der Waals surface area contributed by atoms with Gasteiger partial charge in [-0.3, -0.25) is 4.90 Å². The van der Waals surface area contributed by atoms with E-state index in [1.165, 1.54) is 30.5 Å². The lowest BCUT2D eigenvalue weighted by Crippen LogP contribution is -2.32. The van der Waals surface area contributed by atoms with Crippen molar-refractivity contribution >= 4 is 0 Å². The third kappa shape index (κ3) is 3.34. The van der Waals surface area contributed by atoms with Gasteiger partial charge in [-0.2, -0.15) is 5.26 Å². The molecule has 1 fully saturated rings. The van der Waals surface area contributed by atoms with Crippen LogP contribution in [0.3, 0.4) is 0 Å². The van der Waals surface area contributed by atoms with Crippen LogP contribution in [-0.2, 0) is 6.54 Å². The number of nitrogens with zero attached hydrogens (tertiary/aromatic N) is 2. The lowest BCUT2D eigenvalue weighted by Gasteiger charge is -2.27. The summed E-state index contributed by atoms with van der Waals surface area (Å²) in [7, 11) is 0. The Hall–Kier alpha value is -1.33. The third-order valence-corrected chi connectivity index (χ3v) is 3.77. The molecule has 0 amide bonds. The second kappa shape index (κ2) is 5.54. The van der Waals surface area contributed by atoms with Crippen LogP contribution in [0, 0.1) is 24.2 Å². The molecule has 1 aliphatic rings. The Kier molecular flexibility index (Phi) is 4.04. The van der Waals surface area contributed by atoms with Gasteiger partial charge in [0.1, 0.15) is 0 Å². The summed E-state index contributed by atoms with van der Waals surface area (Å²) in [6, 6.07) is 8.81. The van der Waals surface area contributed by atoms with Gasteiger partial charge in [-0.05, 0) is 62.8 Å². The summed E-state index contributed by atoms with van der Waals surface area (Å²) >= 11 is 0. The molecule has 1 aromatic carbocycles. The highest BCUT2D eigenvalue weighted by molar-refractivity contribution is 5.37. The minimum atomic E-state index is 0.584. The number of rotatable bonds is 5. The van der Waals surface area contributed by atoms with E-state index in [-0.39, 0.29) is 0 Å². The summed E-state index contributed by atoms with van der Waals surface area (Å²) in [6.07, 6.45) is 2.80. The highest BCUT2D eigenvalue weighted by atomic mass is 15.1. The van der Waals surface area contributed by atoms with E-state index in [0.29, 0.717) is 6.04 Å². The number of aryl methyl sites for hydroxylation is 1. The highest BCUT2D eigenvalue weighted by Gasteiger charge is 2.25. The summed E-state index contributed by atoms with van der Waals surface area (Å²) in [5.74, 6) is 0.922. The Morgan fingerprint density at radius 2 is 2.11 bits per heavy atom. The molecule has 18 heavy (non-hydrogen) atoms. The van der Waals surface area contributed by atoms with Gasteiger partial charge in [-0.1, -0.05) is 6.07 Å². The smallest absolute Gasteiger partial charge is 0.0991 e. The van der Waals surface area contributed by atoms with Crippen LogP contribution in [0.4, 0.5) is 0 Å². The molecule has 0 heterocycles. The summed E-state index contributed by atoms with van der Waals surface area (Å²) in [6.45, 7) is 8.86. The molecule has 2 nitrogen and oxygen atoms in total. The van der Waals surface area contributed by atoms with Gasteiger partial charge >= 0.3 is 0 Å². The third-order valence-electron chi connectivity index (χ3n) is 3.77. The summed E-state index contributed by atoms with van der Waals surface area (Å²) < 4.78 is 0. The quantitative estimate of drug-likeness (QED) is 0.790. The number of hydrogen-bond donors (Lipinski definition) is 0. The van der Waals surface area contributed by atoms with E-state index in [1.54, 1.807) is 0 Å². The van der Waals surface area contributed by atoms with E-state index >= 15 is 0 Å². The topological polar surface area (TPSA) is 27.0 Å². The molecule has 0 radical (unpaired) electrons. The van der Waals surface area contributed by atoms with Crippen molar-refractivity contribution in [1.82, 2.24) is 4.90 Å². The largest absolute Gasteiger partial charge is 0.296 e. The zero-order chi connectivity index (χ0) is 13.1. The van der Waals surface area contributed by atoms with Gasteiger partial charge in [0.25, 0.3) is 0 Å². The molecule has 0 spiro atoms. The molecule has 1 saturated carbocycles. The number of benzene rings is 1. The Morgan fingerprint density at radius 1 is 1.39 bits per heavy atom. The highest BCUT2D eigenvalue weighted by Crippen LogP contribution is 2.31. The lowest BCUT2D eigenvalue weighted by atomic mass is 10.0. The molecule has 2 rings (SSSR count). The van der Waals surface area contributed by atoms with Crippen molar-refractivity contribution < 1.29 is 0 Å². The van der Waals surface area contributed by atoms with Gasteiger partial charge in [-0.25, -0.2) is 0 Å². The molecule has 0 unspecified atom stereocenters. The van der Waals surface area contributed by atoms with Crippen LogP contribution in [0.15, 0.2) is 18.2 Å². The van der Waals surface area contributed by atoms with Crippen molar-refractivity contribution in [2.75, 3.05) is 6.54 Å². The van der Waals surface area contributed by atoms with Gasteiger partial charge in [0.05, 0.1) is 11.6 Å². The fraction of sp³-hybridized carbons (Fsp3) is 0.562. The summed E-state index contributed by atoms with van der Waals surface area (Å²) in [4.78, 5) is 2.55. The Morgan fingerprint density at radius 3 is 2.61 bits per heavy atom. The standard InChI is InChI=1S/C16H22N2/c1-12(2)18(10-14-4-5-14)11-16-7-6-15(9-17)8-13(16)3/h6-8,12,14H,4-5,10-11H2,1-3H3. The maximum Gasteiger partial charge on any atom is 0.0991 e. The first-order valence-corrected chi connectivity index (χ1v) is 6.84. The van der Waals surface area contributed by atoms with Gasteiger partial charge in [0.15, 0.2) is 0 Å². The molecule has 0 N–H and O–H groups in total. The van der Waals surface area contributed by atoms with Gasteiger partial charge in [0, 0.05) is 19.1 Å². The molecule has 1 aromatic rings. The van der Waals surface area contributed by atoms with Crippen LogP contribution in [-0.4, -0.2) is 17.5 Å². The van der Waals surface area contributed by atoms with E-state index in [0.717, 1.165) is 18.0 Å². The zero-order valence-corrected chi connectivity index (χ0v) is 11.6. The van der Waals surface area contributed by atoms with Crippen LogP contribution in [0.25, 0.3) is 0 Å². The van der Waals surface area contributed by atoms with Gasteiger partial charge in [0.2, 0.25) is 0 Å². The second-order valence-corrected chi connectivity index (χ2v) is 5.72. The van der Waals surface area contributed by atoms with Crippen molar-refractivity contribution in [2.45, 2.75) is 46.2 Å². The van der Waals surface area contributed by atoms with Crippen LogP contribution in [0.2, 0.25) is 0 Å². The normalized spacial score (nSPS) is 15.1. The van der Waals surface area contributed by atoms with E-state index < -0.39 is 0 Å². The predicted octanol–water partition coefficient (Wildman–Crippen LogP) is 3.49. The maximum absolute atomic E-state index is 8.89. The minimum absolute atomic E-state index is 0.584. The van der Waals surface area contributed by atoms with Crippen LogP contribution in [0.1, 0.15) is 43.4 Å². The Balaban J connectivity index is 2.08. The first kappa shape index (κ1) is 13.1. The van der Waals surface area contributed by atoms with E-state index in [2.05, 4.69) is 37.8 Å². The second-order valence-electron chi connectivity index (χ2n) is 5.72. The van der Waals surface area contributed by atoms with Crippen LogP contribution < -0.4 is 0 Å². The van der Waals surface area contributed by atoms with Gasteiger partial charge in [-0.15, -0.1) is 0 Å². The first-order chi connectivity index (χ1) is 8.60. The first-order valence-electron chi connectivity index (χ1n) is 6.84. The lowest BCUT2D eigenvalue weighted by molar-refractivity contribution is 0.203. The average Bonchev–Trinajstić information content (AvgIpc) is 3.14. The molecule has 0 aliphatic heterocycles. The van der Waals surface area contributed by atoms with E-state index in [4.69, 9.17) is 5.26 Å². The molecule has 1 aliphatic carbocycles. The maximum atomic E-state index is 8.89. The van der Waals surface area contributed by atoms with Crippen molar-refractivity contribution in [2.24, 2.45) is 5.92 Å². The average molecular weight is 242 g/mol. The van der Waals surface area contributed by atoms with E-state index in [9.17, 15) is 0 Å². The zero-order valence-electron chi connectivity index (χ0n) is 11.6. The molecule has 0 saturated heterocycles. The molecule has 0 aromatic heterocycles. The van der Waals surface area contributed by atoms with E-state index in [1.807, 2.05) is 12.1 Å². The molecule has 96 valence electrons. The van der Waals surface area contributed by atoms with Crippen molar-refractivity contribution in [3.05, 3.63) is 34.9 Å². The van der Waals surface area contributed by atoms with Crippen LogP contribution in [0.5, 0.6) is 0 Å². The Bertz CT molecular complexity index is 453. The molecule has 0 bridgehead atoms. The minimum Gasteiger partial charge on any atom is -0.296 e. The Labute approximate surface area is 110 Å². The number of hydrogen-bond acceptors (Lipinski definition) is 2. The molecule has 0 atom stereocenters. The van der Waals surface area contributed by atoms with Gasteiger partial charge < -0.3 is 0 Å². The fourth-order valence-corrected chi connectivity index (χ4v) is 2.25. The molecular weight excluding hydrogens is 220 g/mol. The summed E-state index contributed by atoms with van der Waals surface area (Å²) in [5.41, 5.74) is 3.34. The summed E-state index contributed by atoms with van der Waals surface area (Å²) in [5, 5.41) is 8.89. The predicted molar refractivity (Wildman–Crippen MR) is 74.2 cm³/mol. The SMILES string of the molecule is Cc1cc(C#N)ccc1CN(CC1CC1)C(C)C. The molecular formula is C16H22N2. The van der Waals surface area contributed by atoms with Crippen molar-refractivity contribution in [1.29, 1.82) is 5.26 Å². The van der Waals surface area contributed by atoms with Crippen molar-refractivity contribution in [3.8, 4) is 6.07 Å². The fourth-order valence-electron chi connectivity index (χ4n) is 2.25.